The molecule has 0 radical (unpaired) electrons. The molecule has 9 heteroatoms. The number of carboxylic acids is 1. The fourth-order valence-corrected chi connectivity index (χ4v) is 2.51. The lowest BCUT2D eigenvalue weighted by atomic mass is 9.95. The van der Waals surface area contributed by atoms with Gasteiger partial charge in [0, 0.05) is 6.54 Å². The van der Waals surface area contributed by atoms with Crippen molar-refractivity contribution in [3.63, 3.8) is 0 Å². The first-order valence-electron chi connectivity index (χ1n) is 7.79. The highest BCUT2D eigenvalue weighted by Crippen LogP contribution is 2.31. The maximum atomic E-state index is 12.5. The van der Waals surface area contributed by atoms with Gasteiger partial charge in [-0.3, -0.25) is 0 Å². The van der Waals surface area contributed by atoms with E-state index in [0.717, 1.165) is 42.8 Å². The lowest BCUT2D eigenvalue weighted by Gasteiger charge is -2.18. The van der Waals surface area contributed by atoms with Gasteiger partial charge in [0.2, 0.25) is 0 Å². The number of fused-ring (bicyclic) bond motifs is 1. The van der Waals surface area contributed by atoms with Crippen molar-refractivity contribution < 1.29 is 36.2 Å². The number of carboxylic acid groups (broad SMARTS) is 1. The third-order valence-electron chi connectivity index (χ3n) is 3.88. The molecule has 0 saturated carbocycles. The molecule has 3 nitrogen and oxygen atoms in total. The summed E-state index contributed by atoms with van der Waals surface area (Å²) in [5.74, 6) is -2.76. The maximum absolute atomic E-state index is 12.5. The fraction of sp³-hybridized carbons (Fsp3) is 0.278. The standard InChI is InChI=1S/C16H14F3N.C2HF3O2/c17-16(18,19)15-5-3-11(4-6-15)13-2-1-12-7-8-20-10-14(12)9-13;3-2(4,5)1(6)7/h1-6,9,20H,7-8,10H2;(H,6,7). The van der Waals surface area contributed by atoms with Crippen molar-refractivity contribution in [2.24, 2.45) is 0 Å². The van der Waals surface area contributed by atoms with Crippen LogP contribution in [0.15, 0.2) is 42.5 Å². The van der Waals surface area contributed by atoms with Gasteiger partial charge in [-0.25, -0.2) is 4.79 Å². The Bertz CT molecular complexity index is 797. The van der Waals surface area contributed by atoms with E-state index in [-0.39, 0.29) is 0 Å². The summed E-state index contributed by atoms with van der Waals surface area (Å²) in [4.78, 5) is 8.90. The quantitative estimate of drug-likeness (QED) is 0.696. The van der Waals surface area contributed by atoms with Crippen molar-refractivity contribution in [1.29, 1.82) is 0 Å². The van der Waals surface area contributed by atoms with Gasteiger partial charge in [-0.05, 0) is 53.4 Å². The average molecular weight is 391 g/mol. The van der Waals surface area contributed by atoms with Crippen LogP contribution in [0.2, 0.25) is 0 Å². The Hall–Kier alpha value is -2.55. The highest BCUT2D eigenvalue weighted by Gasteiger charge is 2.38. The van der Waals surface area contributed by atoms with Gasteiger partial charge in [-0.1, -0.05) is 24.3 Å². The van der Waals surface area contributed by atoms with E-state index in [1.165, 1.54) is 23.3 Å². The number of nitrogens with one attached hydrogen (secondary N) is 1. The van der Waals surface area contributed by atoms with Gasteiger partial charge in [0.1, 0.15) is 0 Å². The van der Waals surface area contributed by atoms with Crippen molar-refractivity contribution in [2.45, 2.75) is 25.3 Å². The van der Waals surface area contributed by atoms with E-state index >= 15 is 0 Å². The molecule has 0 spiro atoms. The molecular formula is C18H15F6NO2. The predicted octanol–water partition coefficient (Wildman–Crippen LogP) is 4.65. The van der Waals surface area contributed by atoms with Gasteiger partial charge in [-0.15, -0.1) is 0 Å². The normalized spacial score (nSPS) is 14.0. The van der Waals surface area contributed by atoms with E-state index in [2.05, 4.69) is 17.4 Å². The largest absolute Gasteiger partial charge is 0.490 e. The van der Waals surface area contributed by atoms with Gasteiger partial charge in [0.15, 0.2) is 0 Å². The Kier molecular flexibility index (Phi) is 6.15. The second-order valence-electron chi connectivity index (χ2n) is 5.79. The average Bonchev–Trinajstić information content (AvgIpc) is 2.60. The topological polar surface area (TPSA) is 49.3 Å². The van der Waals surface area contributed by atoms with Crippen LogP contribution in [-0.4, -0.2) is 23.8 Å². The molecule has 1 aliphatic rings. The highest BCUT2D eigenvalue weighted by molar-refractivity contribution is 5.73. The molecule has 0 aromatic heterocycles. The number of carbonyl (C=O) groups is 1. The van der Waals surface area contributed by atoms with Crippen LogP contribution in [0.25, 0.3) is 11.1 Å². The van der Waals surface area contributed by atoms with Gasteiger partial charge in [-0.2, -0.15) is 26.3 Å². The van der Waals surface area contributed by atoms with Crippen LogP contribution < -0.4 is 5.32 Å². The number of aliphatic carboxylic acids is 1. The van der Waals surface area contributed by atoms with E-state index in [9.17, 15) is 26.3 Å². The van der Waals surface area contributed by atoms with Crippen LogP contribution >= 0.6 is 0 Å². The molecule has 0 amide bonds. The second-order valence-corrected chi connectivity index (χ2v) is 5.79. The monoisotopic (exact) mass is 391 g/mol. The number of hydrogen-bond donors (Lipinski definition) is 2. The minimum absolute atomic E-state index is 0.610. The van der Waals surface area contributed by atoms with Crippen molar-refractivity contribution in [3.05, 3.63) is 59.2 Å². The summed E-state index contributed by atoms with van der Waals surface area (Å²) in [7, 11) is 0. The number of benzene rings is 2. The third kappa shape index (κ3) is 5.72. The van der Waals surface area contributed by atoms with Crippen LogP contribution in [0.3, 0.4) is 0 Å². The summed E-state index contributed by atoms with van der Waals surface area (Å²) in [5, 5.41) is 10.4. The first-order chi connectivity index (χ1) is 12.5. The Balaban J connectivity index is 0.000000321. The molecule has 0 unspecified atom stereocenters. The molecule has 146 valence electrons. The molecule has 0 saturated heterocycles. The Morgan fingerprint density at radius 2 is 1.44 bits per heavy atom. The number of hydrogen-bond acceptors (Lipinski definition) is 2. The zero-order valence-corrected chi connectivity index (χ0v) is 13.8. The van der Waals surface area contributed by atoms with E-state index in [1.54, 1.807) is 0 Å². The fourth-order valence-electron chi connectivity index (χ4n) is 2.51. The Morgan fingerprint density at radius 1 is 0.889 bits per heavy atom. The van der Waals surface area contributed by atoms with Crippen molar-refractivity contribution in [2.75, 3.05) is 6.54 Å². The third-order valence-corrected chi connectivity index (χ3v) is 3.88. The highest BCUT2D eigenvalue weighted by atomic mass is 19.4. The second kappa shape index (κ2) is 7.99. The van der Waals surface area contributed by atoms with Gasteiger partial charge in [0.25, 0.3) is 0 Å². The maximum Gasteiger partial charge on any atom is 0.490 e. The van der Waals surface area contributed by atoms with Crippen LogP contribution in [0.4, 0.5) is 26.3 Å². The zero-order valence-electron chi connectivity index (χ0n) is 13.8. The van der Waals surface area contributed by atoms with E-state index in [1.807, 2.05) is 6.07 Å². The Labute approximate surface area is 150 Å². The summed E-state index contributed by atoms with van der Waals surface area (Å²) in [6.45, 7) is 1.80. The van der Waals surface area contributed by atoms with Gasteiger partial charge in [0.05, 0.1) is 5.56 Å². The zero-order chi connectivity index (χ0) is 20.2. The van der Waals surface area contributed by atoms with Crippen molar-refractivity contribution in [3.8, 4) is 11.1 Å². The number of rotatable bonds is 1. The number of halogens is 6. The van der Waals surface area contributed by atoms with Crippen LogP contribution in [0.5, 0.6) is 0 Å². The predicted molar refractivity (Wildman–Crippen MR) is 86.0 cm³/mol. The van der Waals surface area contributed by atoms with Crippen LogP contribution in [-0.2, 0) is 23.9 Å². The molecular weight excluding hydrogens is 376 g/mol. The summed E-state index contributed by atoms with van der Waals surface area (Å²) >= 11 is 0. The Morgan fingerprint density at radius 3 is 1.96 bits per heavy atom. The van der Waals surface area contributed by atoms with Gasteiger partial charge >= 0.3 is 18.3 Å². The van der Waals surface area contributed by atoms with Crippen molar-refractivity contribution in [1.82, 2.24) is 5.32 Å². The lowest BCUT2D eigenvalue weighted by molar-refractivity contribution is -0.192. The van der Waals surface area contributed by atoms with Crippen LogP contribution in [0, 0.1) is 0 Å². The molecule has 0 bridgehead atoms. The SMILES string of the molecule is FC(F)(F)c1ccc(-c2ccc3c(c2)CNCC3)cc1.O=C(O)C(F)(F)F. The molecule has 2 aromatic rings. The van der Waals surface area contributed by atoms with Gasteiger partial charge < -0.3 is 10.4 Å². The van der Waals surface area contributed by atoms with Crippen molar-refractivity contribution >= 4 is 5.97 Å². The minimum Gasteiger partial charge on any atom is -0.475 e. The molecule has 0 fully saturated rings. The summed E-state index contributed by atoms with van der Waals surface area (Å²) < 4.78 is 69.4. The molecule has 0 atom stereocenters. The lowest BCUT2D eigenvalue weighted by Crippen LogP contribution is -2.23. The van der Waals surface area contributed by atoms with E-state index in [4.69, 9.17) is 9.90 Å². The summed E-state index contributed by atoms with van der Waals surface area (Å²) in [6.07, 6.45) is -8.36. The summed E-state index contributed by atoms with van der Waals surface area (Å²) in [6, 6.07) is 11.4. The molecule has 1 aliphatic heterocycles. The first kappa shape index (κ1) is 20.8. The molecule has 27 heavy (non-hydrogen) atoms. The van der Waals surface area contributed by atoms with E-state index < -0.39 is 23.9 Å². The smallest absolute Gasteiger partial charge is 0.475 e. The molecule has 2 N–H and O–H groups in total. The van der Waals surface area contributed by atoms with E-state index in [0.29, 0.717) is 0 Å². The molecule has 3 rings (SSSR count). The van der Waals surface area contributed by atoms with Crippen LogP contribution in [0.1, 0.15) is 16.7 Å². The first-order valence-corrected chi connectivity index (χ1v) is 7.79. The molecule has 0 aliphatic carbocycles. The molecule has 2 aromatic carbocycles. The molecule has 1 heterocycles. The minimum atomic E-state index is -5.08. The summed E-state index contributed by atoms with van der Waals surface area (Å²) in [5.41, 5.74) is 3.71. The number of alkyl halides is 6.